The predicted octanol–water partition coefficient (Wildman–Crippen LogP) is 4.49. The molecule has 152 valence electrons. The number of rotatable bonds is 5. The summed E-state index contributed by atoms with van der Waals surface area (Å²) in [6.07, 6.45) is 2.56. The molecule has 0 unspecified atom stereocenters. The van der Waals surface area contributed by atoms with Crippen molar-refractivity contribution in [3.8, 4) is 11.1 Å². The quantitative estimate of drug-likeness (QED) is 0.684. The third-order valence-corrected chi connectivity index (χ3v) is 5.11. The van der Waals surface area contributed by atoms with Gasteiger partial charge >= 0.3 is 6.09 Å². The smallest absolute Gasteiger partial charge is 0.410 e. The molecule has 1 aliphatic rings. The lowest BCUT2D eigenvalue weighted by Crippen LogP contribution is -2.43. The number of ether oxygens (including phenoxy) is 1. The third kappa shape index (κ3) is 4.66. The molecule has 3 aromatic rings. The zero-order valence-corrected chi connectivity index (χ0v) is 16.5. The summed E-state index contributed by atoms with van der Waals surface area (Å²) < 4.78 is 5.41. The summed E-state index contributed by atoms with van der Waals surface area (Å²) in [5.74, 6) is 0.215. The topological polar surface area (TPSA) is 71.5 Å². The first-order chi connectivity index (χ1) is 14.7. The van der Waals surface area contributed by atoms with Crippen molar-refractivity contribution in [1.82, 2.24) is 9.88 Å². The number of nitrogens with one attached hydrogen (secondary N) is 1. The summed E-state index contributed by atoms with van der Waals surface area (Å²) >= 11 is 0. The molecular weight excluding hydrogens is 378 g/mol. The Kier molecular flexibility index (Phi) is 6.03. The van der Waals surface area contributed by atoms with Crippen molar-refractivity contribution in [3.05, 3.63) is 84.6 Å². The number of hydrogen-bond acceptors (Lipinski definition) is 4. The summed E-state index contributed by atoms with van der Waals surface area (Å²) in [4.78, 5) is 31.1. The van der Waals surface area contributed by atoms with Crippen LogP contribution in [-0.2, 0) is 16.1 Å². The maximum absolute atomic E-state index is 12.9. The molecule has 0 aliphatic carbocycles. The second-order valence-corrected chi connectivity index (χ2v) is 7.18. The summed E-state index contributed by atoms with van der Waals surface area (Å²) in [7, 11) is 0. The van der Waals surface area contributed by atoms with Crippen molar-refractivity contribution in [2.75, 3.05) is 11.9 Å². The maximum Gasteiger partial charge on any atom is 0.410 e. The van der Waals surface area contributed by atoms with Gasteiger partial charge in [0.1, 0.15) is 18.5 Å². The van der Waals surface area contributed by atoms with Gasteiger partial charge in [0, 0.05) is 12.7 Å². The Morgan fingerprint density at radius 2 is 1.73 bits per heavy atom. The Balaban J connectivity index is 1.39. The standard InChI is InChI=1S/C24H23N3O3/c28-23(26-22-16-20(13-14-25-22)19-10-5-2-6-11-19)21-12-7-15-27(21)24(29)30-17-18-8-3-1-4-9-18/h1-6,8-11,13-14,16,21H,7,12,15,17H2,(H,25,26,28)/t21-/m0/s1. The van der Waals surface area contributed by atoms with E-state index in [1.165, 1.54) is 4.90 Å². The van der Waals surface area contributed by atoms with Gasteiger partial charge in [-0.3, -0.25) is 9.69 Å². The van der Waals surface area contributed by atoms with Crippen LogP contribution in [0, 0.1) is 0 Å². The maximum atomic E-state index is 12.9. The number of aromatic nitrogens is 1. The lowest BCUT2D eigenvalue weighted by molar-refractivity contribution is -0.120. The zero-order valence-electron chi connectivity index (χ0n) is 16.5. The number of amides is 2. The fourth-order valence-corrected chi connectivity index (χ4v) is 3.58. The molecule has 6 heteroatoms. The van der Waals surface area contributed by atoms with Gasteiger partial charge in [-0.2, -0.15) is 0 Å². The highest BCUT2D eigenvalue weighted by Gasteiger charge is 2.35. The Labute approximate surface area is 175 Å². The molecule has 2 aromatic carbocycles. The Hall–Kier alpha value is -3.67. The number of anilines is 1. The molecule has 30 heavy (non-hydrogen) atoms. The number of carbonyl (C=O) groups excluding carboxylic acids is 2. The van der Waals surface area contributed by atoms with Crippen LogP contribution < -0.4 is 5.32 Å². The number of hydrogen-bond donors (Lipinski definition) is 1. The predicted molar refractivity (Wildman–Crippen MR) is 115 cm³/mol. The van der Waals surface area contributed by atoms with E-state index < -0.39 is 12.1 Å². The van der Waals surface area contributed by atoms with Crippen molar-refractivity contribution in [2.45, 2.75) is 25.5 Å². The second-order valence-electron chi connectivity index (χ2n) is 7.18. The van der Waals surface area contributed by atoms with Gasteiger partial charge in [0.2, 0.25) is 5.91 Å². The highest BCUT2D eigenvalue weighted by molar-refractivity contribution is 5.96. The summed E-state index contributed by atoms with van der Waals surface area (Å²) in [6.45, 7) is 0.689. The van der Waals surface area contributed by atoms with Crippen molar-refractivity contribution in [2.24, 2.45) is 0 Å². The second kappa shape index (κ2) is 9.22. The number of likely N-dealkylation sites (tertiary alicyclic amines) is 1. The molecular formula is C24H23N3O3. The van der Waals surface area contributed by atoms with Crippen molar-refractivity contribution < 1.29 is 14.3 Å². The molecule has 0 radical (unpaired) electrons. The lowest BCUT2D eigenvalue weighted by Gasteiger charge is -2.23. The van der Waals surface area contributed by atoms with Gasteiger partial charge in [0.15, 0.2) is 0 Å². The molecule has 2 heterocycles. The fourth-order valence-electron chi connectivity index (χ4n) is 3.58. The van der Waals surface area contributed by atoms with E-state index >= 15 is 0 Å². The number of benzene rings is 2. The van der Waals surface area contributed by atoms with Crippen LogP contribution in [0.25, 0.3) is 11.1 Å². The first kappa shape index (κ1) is 19.6. The van der Waals surface area contributed by atoms with Crippen molar-refractivity contribution >= 4 is 17.8 Å². The van der Waals surface area contributed by atoms with E-state index in [0.717, 1.165) is 23.1 Å². The molecule has 1 aliphatic heterocycles. The molecule has 0 spiro atoms. The highest BCUT2D eigenvalue weighted by atomic mass is 16.6. The normalized spacial score (nSPS) is 15.6. The largest absolute Gasteiger partial charge is 0.445 e. The minimum Gasteiger partial charge on any atom is -0.445 e. The summed E-state index contributed by atoms with van der Waals surface area (Å²) in [5.41, 5.74) is 2.92. The van der Waals surface area contributed by atoms with Crippen molar-refractivity contribution in [3.63, 3.8) is 0 Å². The van der Waals surface area contributed by atoms with Gasteiger partial charge in [-0.05, 0) is 41.7 Å². The molecule has 1 N–H and O–H groups in total. The molecule has 2 amide bonds. The van der Waals surface area contributed by atoms with Crippen LogP contribution in [0.15, 0.2) is 79.0 Å². The molecule has 6 nitrogen and oxygen atoms in total. The fraction of sp³-hybridized carbons (Fsp3) is 0.208. The third-order valence-electron chi connectivity index (χ3n) is 5.11. The van der Waals surface area contributed by atoms with Crippen LogP contribution in [0.1, 0.15) is 18.4 Å². The van der Waals surface area contributed by atoms with E-state index in [1.54, 1.807) is 6.20 Å². The SMILES string of the molecule is O=C(Nc1cc(-c2ccccc2)ccn1)[C@@H]1CCCN1C(=O)OCc1ccccc1. The summed E-state index contributed by atoms with van der Waals surface area (Å²) in [6, 6.07) is 22.6. The molecule has 1 saturated heterocycles. The monoisotopic (exact) mass is 401 g/mol. The van der Waals surface area contributed by atoms with E-state index in [-0.39, 0.29) is 12.5 Å². The number of nitrogens with zero attached hydrogens (tertiary/aromatic N) is 2. The Bertz CT molecular complexity index is 1010. The van der Waals surface area contributed by atoms with Gasteiger partial charge in [-0.15, -0.1) is 0 Å². The van der Waals surface area contributed by atoms with E-state index in [2.05, 4.69) is 10.3 Å². The summed E-state index contributed by atoms with van der Waals surface area (Å²) in [5, 5.41) is 2.85. The van der Waals surface area contributed by atoms with Crippen LogP contribution in [0.2, 0.25) is 0 Å². The van der Waals surface area contributed by atoms with Gasteiger partial charge in [0.05, 0.1) is 0 Å². The van der Waals surface area contributed by atoms with Gasteiger partial charge in [-0.1, -0.05) is 60.7 Å². The molecule has 0 bridgehead atoms. The van der Waals surface area contributed by atoms with Crippen LogP contribution in [0.3, 0.4) is 0 Å². The average Bonchev–Trinajstić information content (AvgIpc) is 3.29. The van der Waals surface area contributed by atoms with Gasteiger partial charge in [-0.25, -0.2) is 9.78 Å². The Morgan fingerprint density at radius 1 is 1.00 bits per heavy atom. The average molecular weight is 401 g/mol. The van der Waals surface area contributed by atoms with Gasteiger partial charge < -0.3 is 10.1 Å². The van der Waals surface area contributed by atoms with Crippen LogP contribution in [-0.4, -0.2) is 34.5 Å². The van der Waals surface area contributed by atoms with Crippen LogP contribution in [0.5, 0.6) is 0 Å². The zero-order chi connectivity index (χ0) is 20.8. The molecule has 1 atom stereocenters. The van der Waals surface area contributed by atoms with E-state index in [4.69, 9.17) is 4.74 Å². The van der Waals surface area contributed by atoms with E-state index in [9.17, 15) is 9.59 Å². The minimum absolute atomic E-state index is 0.186. The highest BCUT2D eigenvalue weighted by Crippen LogP contribution is 2.23. The number of carbonyl (C=O) groups is 2. The molecule has 1 fully saturated rings. The molecule has 0 saturated carbocycles. The first-order valence-corrected chi connectivity index (χ1v) is 10.0. The van der Waals surface area contributed by atoms with Gasteiger partial charge in [0.25, 0.3) is 0 Å². The lowest BCUT2D eigenvalue weighted by atomic mass is 10.1. The Morgan fingerprint density at radius 3 is 2.50 bits per heavy atom. The van der Waals surface area contributed by atoms with Crippen LogP contribution in [0.4, 0.5) is 10.6 Å². The number of pyridine rings is 1. The molecule has 1 aromatic heterocycles. The van der Waals surface area contributed by atoms with Crippen LogP contribution >= 0.6 is 0 Å². The first-order valence-electron chi connectivity index (χ1n) is 10.0. The van der Waals surface area contributed by atoms with E-state index in [0.29, 0.717) is 18.8 Å². The van der Waals surface area contributed by atoms with E-state index in [1.807, 2.05) is 72.8 Å². The van der Waals surface area contributed by atoms with Crippen molar-refractivity contribution in [1.29, 1.82) is 0 Å². The molecule has 4 rings (SSSR count). The minimum atomic E-state index is -0.560.